The van der Waals surface area contributed by atoms with E-state index >= 15 is 0 Å². The molecule has 0 spiro atoms. The van der Waals surface area contributed by atoms with Crippen molar-refractivity contribution in [1.29, 1.82) is 0 Å². The van der Waals surface area contributed by atoms with Crippen LogP contribution in [0.3, 0.4) is 0 Å². The minimum Gasteiger partial charge on any atom is -0.326 e. The second kappa shape index (κ2) is 6.89. The SMILES string of the molecule is CCN(CC)C1(C(N)Cc2ccc(F)cc2C)CCCC1. The summed E-state index contributed by atoms with van der Waals surface area (Å²) in [5.74, 6) is -0.163. The van der Waals surface area contributed by atoms with E-state index in [9.17, 15) is 4.39 Å². The molecule has 1 aliphatic carbocycles. The van der Waals surface area contributed by atoms with Gasteiger partial charge in [-0.2, -0.15) is 0 Å². The molecule has 0 amide bonds. The monoisotopic (exact) mass is 292 g/mol. The zero-order valence-electron chi connectivity index (χ0n) is 13.7. The smallest absolute Gasteiger partial charge is 0.123 e. The number of nitrogens with zero attached hydrogens (tertiary/aromatic N) is 1. The molecule has 2 rings (SSSR count). The van der Waals surface area contributed by atoms with E-state index in [1.807, 2.05) is 13.0 Å². The van der Waals surface area contributed by atoms with Gasteiger partial charge in [-0.1, -0.05) is 32.8 Å². The Kier molecular flexibility index (Phi) is 5.39. The molecule has 0 saturated heterocycles. The van der Waals surface area contributed by atoms with Crippen molar-refractivity contribution in [3.05, 3.63) is 35.1 Å². The number of nitrogens with two attached hydrogens (primary N) is 1. The maximum absolute atomic E-state index is 13.3. The van der Waals surface area contributed by atoms with Gasteiger partial charge in [-0.3, -0.25) is 4.90 Å². The molecule has 3 heteroatoms. The second-order valence-electron chi connectivity index (χ2n) is 6.36. The van der Waals surface area contributed by atoms with Gasteiger partial charge in [-0.05, 0) is 62.5 Å². The molecule has 0 bridgehead atoms. The highest BCUT2D eigenvalue weighted by atomic mass is 19.1. The van der Waals surface area contributed by atoms with E-state index in [4.69, 9.17) is 5.73 Å². The predicted octanol–water partition coefficient (Wildman–Crippen LogP) is 3.66. The molecule has 0 heterocycles. The van der Waals surface area contributed by atoms with E-state index in [-0.39, 0.29) is 17.4 Å². The number of rotatable bonds is 6. The number of halogens is 1. The van der Waals surface area contributed by atoms with Crippen LogP contribution in [0.2, 0.25) is 0 Å². The number of hydrogen-bond acceptors (Lipinski definition) is 2. The number of aryl methyl sites for hydroxylation is 1. The lowest BCUT2D eigenvalue weighted by molar-refractivity contribution is 0.0771. The first-order valence-corrected chi connectivity index (χ1v) is 8.29. The average molecular weight is 292 g/mol. The third kappa shape index (κ3) is 3.29. The summed E-state index contributed by atoms with van der Waals surface area (Å²) in [5, 5.41) is 0. The Balaban J connectivity index is 2.21. The van der Waals surface area contributed by atoms with Crippen LogP contribution in [0.25, 0.3) is 0 Å². The molecule has 1 aliphatic rings. The molecule has 0 aliphatic heterocycles. The standard InChI is InChI=1S/C18H29FN2/c1-4-21(5-2)18(10-6-7-11-18)17(20)13-15-8-9-16(19)12-14(15)3/h8-9,12,17H,4-7,10-11,13,20H2,1-3H3. The van der Waals surface area contributed by atoms with E-state index < -0.39 is 0 Å². The molecule has 118 valence electrons. The zero-order chi connectivity index (χ0) is 15.5. The second-order valence-corrected chi connectivity index (χ2v) is 6.36. The molecule has 1 saturated carbocycles. The highest BCUT2D eigenvalue weighted by Gasteiger charge is 2.43. The van der Waals surface area contributed by atoms with Gasteiger partial charge in [-0.15, -0.1) is 0 Å². The Morgan fingerprint density at radius 3 is 2.38 bits per heavy atom. The largest absolute Gasteiger partial charge is 0.326 e. The van der Waals surface area contributed by atoms with Gasteiger partial charge >= 0.3 is 0 Å². The summed E-state index contributed by atoms with van der Waals surface area (Å²) < 4.78 is 13.3. The molecule has 1 unspecified atom stereocenters. The van der Waals surface area contributed by atoms with Gasteiger partial charge in [-0.25, -0.2) is 4.39 Å². The van der Waals surface area contributed by atoms with Crippen LogP contribution in [-0.2, 0) is 6.42 Å². The van der Waals surface area contributed by atoms with Gasteiger partial charge < -0.3 is 5.73 Å². The topological polar surface area (TPSA) is 29.3 Å². The van der Waals surface area contributed by atoms with Crippen molar-refractivity contribution in [3.8, 4) is 0 Å². The number of likely N-dealkylation sites (N-methyl/N-ethyl adjacent to an activating group) is 1. The Morgan fingerprint density at radius 2 is 1.86 bits per heavy atom. The highest BCUT2D eigenvalue weighted by Crippen LogP contribution is 2.38. The molecule has 2 nitrogen and oxygen atoms in total. The van der Waals surface area contributed by atoms with Crippen LogP contribution in [0.1, 0.15) is 50.7 Å². The third-order valence-corrected chi connectivity index (χ3v) is 5.30. The van der Waals surface area contributed by atoms with Crippen LogP contribution < -0.4 is 5.73 Å². The Morgan fingerprint density at radius 1 is 1.24 bits per heavy atom. The lowest BCUT2D eigenvalue weighted by Crippen LogP contribution is -2.59. The molecule has 1 aromatic carbocycles. The van der Waals surface area contributed by atoms with Crippen molar-refractivity contribution >= 4 is 0 Å². The fraction of sp³-hybridized carbons (Fsp3) is 0.667. The van der Waals surface area contributed by atoms with Crippen molar-refractivity contribution in [1.82, 2.24) is 4.90 Å². The number of benzene rings is 1. The maximum atomic E-state index is 13.3. The first-order chi connectivity index (χ1) is 10.0. The molecule has 1 atom stereocenters. The Hall–Kier alpha value is -0.930. The van der Waals surface area contributed by atoms with Gasteiger partial charge in [0.05, 0.1) is 0 Å². The molecule has 21 heavy (non-hydrogen) atoms. The summed E-state index contributed by atoms with van der Waals surface area (Å²) >= 11 is 0. The lowest BCUT2D eigenvalue weighted by atomic mass is 9.82. The summed E-state index contributed by atoms with van der Waals surface area (Å²) in [6.45, 7) is 8.52. The van der Waals surface area contributed by atoms with Crippen LogP contribution >= 0.6 is 0 Å². The van der Waals surface area contributed by atoms with Gasteiger partial charge in [0.25, 0.3) is 0 Å². The van der Waals surface area contributed by atoms with Crippen LogP contribution in [0.15, 0.2) is 18.2 Å². The van der Waals surface area contributed by atoms with Crippen molar-refractivity contribution < 1.29 is 4.39 Å². The normalized spacial score (nSPS) is 19.1. The van der Waals surface area contributed by atoms with Crippen molar-refractivity contribution in [2.75, 3.05) is 13.1 Å². The fourth-order valence-electron chi connectivity index (χ4n) is 4.08. The molecular weight excluding hydrogens is 263 g/mol. The average Bonchev–Trinajstić information content (AvgIpc) is 2.94. The molecule has 0 radical (unpaired) electrons. The van der Waals surface area contributed by atoms with E-state index in [0.717, 1.165) is 25.1 Å². The van der Waals surface area contributed by atoms with Crippen LogP contribution in [-0.4, -0.2) is 29.6 Å². The molecule has 2 N–H and O–H groups in total. The van der Waals surface area contributed by atoms with Crippen molar-refractivity contribution in [3.63, 3.8) is 0 Å². The minimum atomic E-state index is -0.163. The minimum absolute atomic E-state index is 0.115. The number of hydrogen-bond donors (Lipinski definition) is 1. The van der Waals surface area contributed by atoms with Crippen molar-refractivity contribution in [2.45, 2.75) is 64.5 Å². The quantitative estimate of drug-likeness (QED) is 0.867. The zero-order valence-corrected chi connectivity index (χ0v) is 13.7. The van der Waals surface area contributed by atoms with Crippen LogP contribution in [0, 0.1) is 12.7 Å². The van der Waals surface area contributed by atoms with E-state index in [2.05, 4.69) is 18.7 Å². The van der Waals surface area contributed by atoms with Gasteiger partial charge in [0, 0.05) is 11.6 Å². The highest BCUT2D eigenvalue weighted by molar-refractivity contribution is 5.28. The molecule has 1 aromatic rings. The first-order valence-electron chi connectivity index (χ1n) is 8.29. The fourth-order valence-corrected chi connectivity index (χ4v) is 4.08. The van der Waals surface area contributed by atoms with Gasteiger partial charge in [0.15, 0.2) is 0 Å². The maximum Gasteiger partial charge on any atom is 0.123 e. The molecule has 1 fully saturated rings. The summed E-state index contributed by atoms with van der Waals surface area (Å²) in [6.07, 6.45) is 5.76. The van der Waals surface area contributed by atoms with Gasteiger partial charge in [0.2, 0.25) is 0 Å². The van der Waals surface area contributed by atoms with Crippen LogP contribution in [0.4, 0.5) is 4.39 Å². The van der Waals surface area contributed by atoms with Gasteiger partial charge in [0.1, 0.15) is 5.82 Å². The lowest BCUT2D eigenvalue weighted by Gasteiger charge is -2.45. The van der Waals surface area contributed by atoms with Crippen LogP contribution in [0.5, 0.6) is 0 Å². The van der Waals surface area contributed by atoms with E-state index in [1.165, 1.54) is 31.2 Å². The Labute approximate surface area is 128 Å². The summed E-state index contributed by atoms with van der Waals surface area (Å²) in [6, 6.07) is 5.17. The Bertz CT molecular complexity index is 462. The summed E-state index contributed by atoms with van der Waals surface area (Å²) in [4.78, 5) is 2.55. The summed E-state index contributed by atoms with van der Waals surface area (Å²) in [5.41, 5.74) is 8.99. The third-order valence-electron chi connectivity index (χ3n) is 5.30. The first kappa shape index (κ1) is 16.4. The summed E-state index contributed by atoms with van der Waals surface area (Å²) in [7, 11) is 0. The predicted molar refractivity (Wildman–Crippen MR) is 86.9 cm³/mol. The van der Waals surface area contributed by atoms with E-state index in [0.29, 0.717) is 0 Å². The molecular formula is C18H29FN2. The molecule has 0 aromatic heterocycles. The van der Waals surface area contributed by atoms with E-state index in [1.54, 1.807) is 12.1 Å². The van der Waals surface area contributed by atoms with Crippen molar-refractivity contribution in [2.24, 2.45) is 5.73 Å².